The van der Waals surface area contributed by atoms with Crippen molar-refractivity contribution < 1.29 is 14.3 Å². The summed E-state index contributed by atoms with van der Waals surface area (Å²) in [5.41, 5.74) is 2.56. The van der Waals surface area contributed by atoms with Crippen LogP contribution >= 0.6 is 23.4 Å². The first-order chi connectivity index (χ1) is 14.1. The van der Waals surface area contributed by atoms with Gasteiger partial charge in [-0.1, -0.05) is 62.2 Å². The topological polar surface area (TPSA) is 46.6 Å². The summed E-state index contributed by atoms with van der Waals surface area (Å²) in [5.74, 6) is -0.0429. The fourth-order valence-electron chi connectivity index (χ4n) is 3.30. The van der Waals surface area contributed by atoms with E-state index in [9.17, 15) is 9.59 Å². The molecule has 2 unspecified atom stereocenters. The minimum atomic E-state index is -0.628. The molecule has 1 aliphatic rings. The van der Waals surface area contributed by atoms with E-state index in [2.05, 4.69) is 6.92 Å². The Balaban J connectivity index is 1.91. The lowest BCUT2D eigenvalue weighted by Crippen LogP contribution is -2.44. The van der Waals surface area contributed by atoms with Gasteiger partial charge < -0.3 is 9.64 Å². The predicted octanol–water partition coefficient (Wildman–Crippen LogP) is 5.50. The van der Waals surface area contributed by atoms with Gasteiger partial charge in [0.2, 0.25) is 0 Å². The van der Waals surface area contributed by atoms with Gasteiger partial charge in [-0.25, -0.2) is 4.79 Å². The number of rotatable bonds is 7. The summed E-state index contributed by atoms with van der Waals surface area (Å²) in [6, 6.07) is 14.4. The Morgan fingerprint density at radius 1 is 1.14 bits per heavy atom. The molecule has 1 aliphatic heterocycles. The van der Waals surface area contributed by atoms with Crippen LogP contribution in [-0.4, -0.2) is 35.2 Å². The Hall–Kier alpha value is -1.98. The van der Waals surface area contributed by atoms with E-state index in [-0.39, 0.29) is 17.3 Å². The number of esters is 1. The van der Waals surface area contributed by atoms with Gasteiger partial charge in [0.1, 0.15) is 11.4 Å². The smallest absolute Gasteiger partial charge is 0.329 e. The van der Waals surface area contributed by atoms with E-state index in [1.54, 1.807) is 16.7 Å². The Bertz CT molecular complexity index is 855. The molecule has 4 nitrogen and oxygen atoms in total. The Kier molecular flexibility index (Phi) is 7.62. The van der Waals surface area contributed by atoms with Gasteiger partial charge in [0.05, 0.1) is 6.61 Å². The van der Waals surface area contributed by atoms with Crippen LogP contribution in [0.2, 0.25) is 5.02 Å². The van der Waals surface area contributed by atoms with Crippen molar-refractivity contribution in [2.45, 2.75) is 44.5 Å². The van der Waals surface area contributed by atoms with Crippen molar-refractivity contribution in [1.82, 2.24) is 4.90 Å². The third kappa shape index (κ3) is 4.96. The van der Waals surface area contributed by atoms with Gasteiger partial charge in [-0.05, 0) is 36.6 Å². The zero-order chi connectivity index (χ0) is 20.8. The molecule has 0 spiro atoms. The monoisotopic (exact) mass is 431 g/mol. The number of aryl methyl sites for hydroxylation is 1. The lowest BCUT2D eigenvalue weighted by atomic mass is 10.1. The molecule has 0 bridgehead atoms. The molecule has 1 saturated heterocycles. The summed E-state index contributed by atoms with van der Waals surface area (Å²) >= 11 is 7.97. The molecule has 0 radical (unpaired) electrons. The van der Waals surface area contributed by atoms with Crippen molar-refractivity contribution in [3.05, 3.63) is 70.2 Å². The first kappa shape index (κ1) is 21.7. The number of hydrogen-bond donors (Lipinski definition) is 0. The zero-order valence-electron chi connectivity index (χ0n) is 16.8. The van der Waals surface area contributed by atoms with E-state index >= 15 is 0 Å². The van der Waals surface area contributed by atoms with Gasteiger partial charge in [-0.15, -0.1) is 11.8 Å². The largest absolute Gasteiger partial charge is 0.464 e. The average Bonchev–Trinajstić information content (AvgIpc) is 3.18. The fraction of sp³-hybridized carbons (Fsp3) is 0.391. The van der Waals surface area contributed by atoms with E-state index in [1.807, 2.05) is 55.5 Å². The van der Waals surface area contributed by atoms with E-state index in [1.165, 1.54) is 0 Å². The minimum Gasteiger partial charge on any atom is -0.464 e. The summed E-state index contributed by atoms with van der Waals surface area (Å²) in [5, 5.41) is 0.259. The second kappa shape index (κ2) is 10.2. The number of halogens is 1. The number of nitrogens with zero attached hydrogens (tertiary/aromatic N) is 1. The minimum absolute atomic E-state index is 0.181. The van der Waals surface area contributed by atoms with Crippen LogP contribution in [0.25, 0.3) is 0 Å². The van der Waals surface area contributed by atoms with Crippen LogP contribution in [0.5, 0.6) is 0 Å². The van der Waals surface area contributed by atoms with Crippen molar-refractivity contribution in [3.8, 4) is 0 Å². The van der Waals surface area contributed by atoms with Gasteiger partial charge in [0, 0.05) is 21.9 Å². The first-order valence-electron chi connectivity index (χ1n) is 10.0. The summed E-state index contributed by atoms with van der Waals surface area (Å²) in [4.78, 5) is 27.9. The molecule has 0 aliphatic carbocycles. The van der Waals surface area contributed by atoms with Crippen molar-refractivity contribution in [3.63, 3.8) is 0 Å². The molecule has 2 aromatic carbocycles. The van der Waals surface area contributed by atoms with Crippen LogP contribution in [0.1, 0.15) is 53.5 Å². The third-order valence-corrected chi connectivity index (χ3v) is 6.68. The number of carbonyl (C=O) groups is 2. The maximum Gasteiger partial charge on any atom is 0.329 e. The molecule has 29 heavy (non-hydrogen) atoms. The van der Waals surface area contributed by atoms with Crippen LogP contribution < -0.4 is 0 Å². The molecule has 0 N–H and O–H groups in total. The van der Waals surface area contributed by atoms with Crippen molar-refractivity contribution in [2.24, 2.45) is 0 Å². The number of thioether (sulfide) groups is 1. The second-order valence-corrected chi connectivity index (χ2v) is 8.53. The molecular weight excluding hydrogens is 406 g/mol. The Labute approximate surface area is 181 Å². The number of hydrogen-bond acceptors (Lipinski definition) is 4. The molecule has 2 atom stereocenters. The normalized spacial score (nSPS) is 18.7. The van der Waals surface area contributed by atoms with Gasteiger partial charge in [-0.2, -0.15) is 0 Å². The molecule has 1 fully saturated rings. The van der Waals surface area contributed by atoms with Crippen LogP contribution in [0, 0.1) is 0 Å². The molecule has 1 amide bonds. The van der Waals surface area contributed by atoms with Crippen LogP contribution in [0.4, 0.5) is 0 Å². The van der Waals surface area contributed by atoms with Crippen molar-refractivity contribution >= 4 is 35.2 Å². The zero-order valence-corrected chi connectivity index (χ0v) is 18.3. The van der Waals surface area contributed by atoms with Gasteiger partial charge in [0.25, 0.3) is 5.91 Å². The summed E-state index contributed by atoms with van der Waals surface area (Å²) in [7, 11) is 0. The highest BCUT2D eigenvalue weighted by molar-refractivity contribution is 7.99. The quantitative estimate of drug-likeness (QED) is 0.428. The number of unbranched alkanes of at least 4 members (excludes halogenated alkanes) is 1. The van der Waals surface area contributed by atoms with Gasteiger partial charge >= 0.3 is 5.97 Å². The summed E-state index contributed by atoms with van der Waals surface area (Å²) < 4.78 is 5.45. The molecule has 3 rings (SSSR count). The average molecular weight is 432 g/mol. The highest BCUT2D eigenvalue weighted by Gasteiger charge is 2.44. The first-order valence-corrected chi connectivity index (χ1v) is 11.4. The highest BCUT2D eigenvalue weighted by Crippen LogP contribution is 2.44. The van der Waals surface area contributed by atoms with E-state index in [0.29, 0.717) is 22.9 Å². The van der Waals surface area contributed by atoms with E-state index in [4.69, 9.17) is 16.3 Å². The van der Waals surface area contributed by atoms with Crippen LogP contribution in [-0.2, 0) is 16.0 Å². The van der Waals surface area contributed by atoms with Crippen LogP contribution in [0.15, 0.2) is 48.5 Å². The standard InChI is InChI=1S/C23H26ClNO3S/c1-3-5-14-28-23(27)20-15-29-22(18-8-6-7-9-19(18)24)25(20)21(26)17-12-10-16(4-2)11-13-17/h6-13,20,22H,3-5,14-15H2,1-2H3. The summed E-state index contributed by atoms with van der Waals surface area (Å²) in [6.07, 6.45) is 2.66. The molecule has 154 valence electrons. The molecule has 2 aromatic rings. The van der Waals surface area contributed by atoms with E-state index in [0.717, 1.165) is 30.4 Å². The van der Waals surface area contributed by atoms with Crippen molar-refractivity contribution in [1.29, 1.82) is 0 Å². The van der Waals surface area contributed by atoms with E-state index < -0.39 is 6.04 Å². The highest BCUT2D eigenvalue weighted by atomic mass is 35.5. The number of amides is 1. The number of carbonyl (C=O) groups excluding carboxylic acids is 2. The molecule has 1 heterocycles. The number of benzene rings is 2. The Morgan fingerprint density at radius 2 is 1.86 bits per heavy atom. The molecule has 0 saturated carbocycles. The maximum absolute atomic E-state index is 13.4. The lowest BCUT2D eigenvalue weighted by Gasteiger charge is -2.29. The predicted molar refractivity (Wildman–Crippen MR) is 118 cm³/mol. The maximum atomic E-state index is 13.4. The fourth-order valence-corrected chi connectivity index (χ4v) is 5.05. The molecular formula is C23H26ClNO3S. The van der Waals surface area contributed by atoms with Gasteiger partial charge in [-0.3, -0.25) is 4.79 Å². The second-order valence-electron chi connectivity index (χ2n) is 7.01. The van der Waals surface area contributed by atoms with Crippen molar-refractivity contribution in [2.75, 3.05) is 12.4 Å². The lowest BCUT2D eigenvalue weighted by molar-refractivity contribution is -0.148. The summed E-state index contributed by atoms with van der Waals surface area (Å²) in [6.45, 7) is 4.49. The Morgan fingerprint density at radius 3 is 2.52 bits per heavy atom. The van der Waals surface area contributed by atoms with Gasteiger partial charge in [0.15, 0.2) is 0 Å². The molecule has 0 aromatic heterocycles. The van der Waals surface area contributed by atoms with Crippen LogP contribution in [0.3, 0.4) is 0 Å². The molecule has 6 heteroatoms. The third-order valence-electron chi connectivity index (χ3n) is 5.03. The number of ether oxygens (including phenoxy) is 1. The SMILES string of the molecule is CCCCOC(=O)C1CSC(c2ccccc2Cl)N1C(=O)c1ccc(CC)cc1.